The maximum Gasteiger partial charge on any atom is 0.471 e. The van der Waals surface area contributed by atoms with Gasteiger partial charge in [0.15, 0.2) is 0 Å². The minimum absolute atomic E-state index is 0.210. The summed E-state index contributed by atoms with van der Waals surface area (Å²) in [6, 6.07) is 0.208. The Balaban J connectivity index is 2.30. The predicted molar refractivity (Wildman–Crippen MR) is 232 cm³/mol. The molecule has 0 saturated carbocycles. The normalized spacial score (nSPS) is 17.4. The van der Waals surface area contributed by atoms with Crippen molar-refractivity contribution in [1.82, 2.24) is 24.7 Å². The van der Waals surface area contributed by atoms with E-state index in [1.54, 1.807) is 60.8 Å². The van der Waals surface area contributed by atoms with Crippen LogP contribution in [0.1, 0.15) is 88.0 Å². The molecule has 21 heteroatoms. The van der Waals surface area contributed by atoms with Gasteiger partial charge in [0.25, 0.3) is 15.9 Å². The number of methoxy groups -OCH3 is 2. The number of likely N-dealkylation sites (N-methyl/N-ethyl adjacent to an activating group) is 2. The lowest BCUT2D eigenvalue weighted by molar-refractivity contribution is -0.167. The van der Waals surface area contributed by atoms with E-state index in [9.17, 15) is 50.4 Å². The zero-order chi connectivity index (χ0) is 49.2. The number of carbonyl (C=O) groups excluding carboxylic acids is 6. The van der Waals surface area contributed by atoms with Gasteiger partial charge in [-0.25, -0.2) is 17.9 Å². The summed E-state index contributed by atoms with van der Waals surface area (Å²) in [5.74, 6) is -5.74. The second-order valence-electron chi connectivity index (χ2n) is 17.7. The molecule has 0 spiro atoms. The number of rotatable bonds is 20. The first-order valence-corrected chi connectivity index (χ1v) is 22.5. The minimum Gasteiger partial charge on any atom is -0.444 e. The van der Waals surface area contributed by atoms with Crippen LogP contribution >= 0.6 is 0 Å². The highest BCUT2D eigenvalue weighted by molar-refractivity contribution is 7.90. The van der Waals surface area contributed by atoms with E-state index < -0.39 is 105 Å². The van der Waals surface area contributed by atoms with Gasteiger partial charge in [-0.3, -0.25) is 28.9 Å². The van der Waals surface area contributed by atoms with E-state index in [1.807, 2.05) is 18.6 Å². The molecule has 0 radical (unpaired) electrons. The van der Waals surface area contributed by atoms with Gasteiger partial charge in [0, 0.05) is 46.1 Å². The van der Waals surface area contributed by atoms with Gasteiger partial charge in [-0.15, -0.1) is 0 Å². The van der Waals surface area contributed by atoms with Gasteiger partial charge in [-0.2, -0.15) is 13.2 Å². The van der Waals surface area contributed by atoms with Crippen molar-refractivity contribution < 1.29 is 64.6 Å². The fraction of sp³-hybridized carbons (Fsp3) is 0.674. The Hall–Kier alpha value is -4.76. The second kappa shape index (κ2) is 22.9. The van der Waals surface area contributed by atoms with Crippen molar-refractivity contribution in [3.63, 3.8) is 0 Å². The third-order valence-electron chi connectivity index (χ3n) is 11.1. The van der Waals surface area contributed by atoms with E-state index in [1.165, 1.54) is 36.0 Å². The van der Waals surface area contributed by atoms with Crippen molar-refractivity contribution in [2.45, 2.75) is 141 Å². The summed E-state index contributed by atoms with van der Waals surface area (Å²) in [6.07, 6.45) is -6.66. The monoisotopic (exact) mass is 932 g/mol. The molecule has 1 aliphatic rings. The number of hydrogen-bond acceptors (Lipinski definition) is 11. The zero-order valence-electron chi connectivity index (χ0n) is 39.1. The molecule has 0 bridgehead atoms. The van der Waals surface area contributed by atoms with E-state index in [-0.39, 0.29) is 36.1 Å². The number of alkyl halides is 3. The number of sulfonamides is 1. The number of benzene rings is 1. The summed E-state index contributed by atoms with van der Waals surface area (Å²) in [6.45, 7) is 20.1. The number of nitrogens with one attached hydrogen (secondary N) is 3. The molecule has 6 amide bonds. The van der Waals surface area contributed by atoms with Gasteiger partial charge >= 0.3 is 18.2 Å². The molecule has 1 aromatic rings. The summed E-state index contributed by atoms with van der Waals surface area (Å²) in [5, 5.41) is 4.47. The molecule has 1 aromatic carbocycles. The van der Waals surface area contributed by atoms with E-state index in [2.05, 4.69) is 11.9 Å². The van der Waals surface area contributed by atoms with Crippen LogP contribution in [0, 0.1) is 17.8 Å². The first-order chi connectivity index (χ1) is 29.4. The van der Waals surface area contributed by atoms with Crippen LogP contribution in [0.15, 0.2) is 41.3 Å². The standard InChI is InChI=1S/C43H67F3N6O11S/c1-15-26(6)35(50(11)39(56)33(24(2)3)48-38(55)34(25(4)5)51(12)41(58)63-42(8,9)10)31(61-13)23-32(53)52-22-16-17-30(52)36(62-14)27(7)37(54)49-64(59,60)29-20-18-28(19-21-29)47-40(57)43(44,45)46/h18-21,24-26,30-31,33-36H,7,15-17,22-23H2,1-6,8-14H3,(H,47,57)(H,48,55)(H,49,54)/t26-,30-,31+,33-,34-,35-,36+/m0/s1. The first-order valence-electron chi connectivity index (χ1n) is 21.1. The summed E-state index contributed by atoms with van der Waals surface area (Å²) >= 11 is 0. The Bertz CT molecular complexity index is 1940. The number of nitrogens with zero attached hydrogens (tertiary/aromatic N) is 3. The Morgan fingerprint density at radius 2 is 1.50 bits per heavy atom. The number of ether oxygens (including phenoxy) is 3. The largest absolute Gasteiger partial charge is 0.471 e. The van der Waals surface area contributed by atoms with E-state index in [4.69, 9.17) is 14.2 Å². The number of halogens is 3. The van der Waals surface area contributed by atoms with Crippen molar-refractivity contribution in [2.75, 3.05) is 40.2 Å². The summed E-state index contributed by atoms with van der Waals surface area (Å²) in [7, 11) is 1.15. The van der Waals surface area contributed by atoms with Gasteiger partial charge in [0.2, 0.25) is 17.7 Å². The number of anilines is 1. The van der Waals surface area contributed by atoms with Crippen molar-refractivity contribution >= 4 is 51.3 Å². The molecule has 0 aromatic heterocycles. The highest BCUT2D eigenvalue weighted by Gasteiger charge is 2.43. The second-order valence-corrected chi connectivity index (χ2v) is 19.4. The van der Waals surface area contributed by atoms with Crippen LogP contribution in [-0.2, 0) is 48.2 Å². The molecule has 1 aliphatic heterocycles. The molecule has 0 unspecified atom stereocenters. The molecule has 64 heavy (non-hydrogen) atoms. The van der Waals surface area contributed by atoms with Crippen LogP contribution < -0.4 is 15.4 Å². The van der Waals surface area contributed by atoms with Gasteiger partial charge in [0.1, 0.15) is 23.8 Å². The van der Waals surface area contributed by atoms with Crippen LogP contribution in [0.25, 0.3) is 0 Å². The van der Waals surface area contributed by atoms with Crippen molar-refractivity contribution in [3.8, 4) is 0 Å². The molecule has 17 nitrogen and oxygen atoms in total. The lowest BCUT2D eigenvalue weighted by Gasteiger charge is -2.41. The average molecular weight is 933 g/mol. The summed E-state index contributed by atoms with van der Waals surface area (Å²) in [5.41, 5.74) is -1.46. The molecule has 1 fully saturated rings. The summed E-state index contributed by atoms with van der Waals surface area (Å²) < 4.78 is 83.1. The minimum atomic E-state index is -5.17. The molecule has 362 valence electrons. The maximum atomic E-state index is 14.4. The Kier molecular flexibility index (Phi) is 19.8. The van der Waals surface area contributed by atoms with Gasteiger partial charge in [-0.1, -0.05) is 54.5 Å². The van der Waals surface area contributed by atoms with Crippen molar-refractivity contribution in [2.24, 2.45) is 17.8 Å². The molecule has 7 atom stereocenters. The Labute approximate surface area is 375 Å². The Morgan fingerprint density at radius 1 is 0.922 bits per heavy atom. The average Bonchev–Trinajstić information content (AvgIpc) is 3.68. The van der Waals surface area contributed by atoms with E-state index >= 15 is 0 Å². The zero-order valence-corrected chi connectivity index (χ0v) is 39.9. The molecule has 2 rings (SSSR count). The van der Waals surface area contributed by atoms with E-state index in [0.29, 0.717) is 19.3 Å². The lowest BCUT2D eigenvalue weighted by atomic mass is 9.89. The fourth-order valence-corrected chi connectivity index (χ4v) is 8.59. The van der Waals surface area contributed by atoms with Crippen LogP contribution in [-0.4, -0.2) is 142 Å². The number of carbonyl (C=O) groups is 6. The maximum absolute atomic E-state index is 14.4. The quantitative estimate of drug-likeness (QED) is 0.150. The van der Waals surface area contributed by atoms with Gasteiger partial charge in [0.05, 0.1) is 29.5 Å². The highest BCUT2D eigenvalue weighted by Crippen LogP contribution is 2.30. The number of likely N-dealkylation sites (tertiary alicyclic amines) is 1. The molecule has 0 aliphatic carbocycles. The molecular weight excluding hydrogens is 866 g/mol. The third kappa shape index (κ3) is 14.6. The summed E-state index contributed by atoms with van der Waals surface area (Å²) in [4.78, 5) is 83.8. The molecular formula is C43H67F3N6O11S. The van der Waals surface area contributed by atoms with Crippen LogP contribution in [0.5, 0.6) is 0 Å². The van der Waals surface area contributed by atoms with Gasteiger partial charge < -0.3 is 34.6 Å². The van der Waals surface area contributed by atoms with Gasteiger partial charge in [-0.05, 0) is 75.6 Å². The number of hydrogen-bond donors (Lipinski definition) is 3. The first kappa shape index (κ1) is 55.4. The predicted octanol–water partition coefficient (Wildman–Crippen LogP) is 4.87. The van der Waals surface area contributed by atoms with Crippen LogP contribution in [0.4, 0.5) is 23.7 Å². The fourth-order valence-electron chi connectivity index (χ4n) is 7.61. The third-order valence-corrected chi connectivity index (χ3v) is 12.4. The SMILES string of the molecule is C=C(C(=O)NS(=O)(=O)c1ccc(NC(=O)C(F)(F)F)cc1)[C@@H](OC)[C@@H]1CCCN1C(=O)C[C@@H](OC)[C@H]([C@@H](C)CC)N(C)C(=O)[C@@H](NC(=O)[C@H](C(C)C)N(C)C(=O)OC(C)(C)C)C(C)C. The van der Waals surface area contributed by atoms with Crippen molar-refractivity contribution in [1.29, 1.82) is 0 Å². The van der Waals surface area contributed by atoms with Crippen molar-refractivity contribution in [3.05, 3.63) is 36.4 Å². The van der Waals surface area contributed by atoms with Crippen LogP contribution in [0.2, 0.25) is 0 Å². The molecule has 3 N–H and O–H groups in total. The highest BCUT2D eigenvalue weighted by atomic mass is 32.2. The lowest BCUT2D eigenvalue weighted by Crippen LogP contribution is -2.60. The molecule has 1 heterocycles. The smallest absolute Gasteiger partial charge is 0.444 e. The number of amides is 6. The topological polar surface area (TPSA) is 210 Å². The van der Waals surface area contributed by atoms with E-state index in [0.717, 1.165) is 24.3 Å². The Morgan fingerprint density at radius 3 is 1.97 bits per heavy atom. The molecule has 1 saturated heterocycles. The van der Waals surface area contributed by atoms with Crippen LogP contribution in [0.3, 0.4) is 0 Å².